The van der Waals surface area contributed by atoms with Crippen molar-refractivity contribution in [1.29, 1.82) is 0 Å². The third kappa shape index (κ3) is 5.70. The number of nitrogens with one attached hydrogen (secondary N) is 1. The van der Waals surface area contributed by atoms with Crippen molar-refractivity contribution in [2.45, 2.75) is 75.9 Å². The van der Waals surface area contributed by atoms with Gasteiger partial charge in [-0.05, 0) is 63.7 Å². The summed E-state index contributed by atoms with van der Waals surface area (Å²) < 4.78 is 15.6. The number of hydroxylamine groups is 2. The number of nitrogens with zero attached hydrogens (tertiary/aromatic N) is 5. The molecule has 0 unspecified atom stereocenters. The fraction of sp³-hybridized carbons (Fsp3) is 0.750. The maximum absolute atomic E-state index is 15.6. The van der Waals surface area contributed by atoms with Crippen molar-refractivity contribution in [3.63, 3.8) is 0 Å². The minimum absolute atomic E-state index is 0.0248. The van der Waals surface area contributed by atoms with Gasteiger partial charge in [0.1, 0.15) is 5.69 Å². The Morgan fingerprint density at radius 1 is 1.29 bits per heavy atom. The molecule has 3 fully saturated rings. The van der Waals surface area contributed by atoms with Crippen LogP contribution in [0.2, 0.25) is 5.28 Å². The topological polar surface area (TPSA) is 102 Å². The van der Waals surface area contributed by atoms with Gasteiger partial charge in [0.15, 0.2) is 11.6 Å². The van der Waals surface area contributed by atoms with Crippen LogP contribution in [0.4, 0.5) is 10.2 Å². The molecule has 2 atom stereocenters. The molecule has 1 aliphatic heterocycles. The van der Waals surface area contributed by atoms with E-state index < -0.39 is 11.7 Å². The molecule has 0 spiro atoms. The Bertz CT molecular complexity index is 925. The molecule has 0 bridgehead atoms. The largest absolute Gasteiger partial charge is 0.350 e. The molecular weight excluding hydrogens is 475 g/mol. The van der Waals surface area contributed by atoms with Gasteiger partial charge in [-0.25, -0.2) is 14.4 Å². The van der Waals surface area contributed by atoms with E-state index in [4.69, 9.17) is 11.6 Å². The molecule has 1 aromatic rings. The summed E-state index contributed by atoms with van der Waals surface area (Å²) in [4.78, 5) is 36.5. The molecule has 194 valence electrons. The van der Waals surface area contributed by atoms with E-state index >= 15 is 4.39 Å². The zero-order valence-electron chi connectivity index (χ0n) is 20.6. The Kier molecular flexibility index (Phi) is 8.12. The second-order valence-corrected chi connectivity index (χ2v) is 10.8. The first-order valence-electron chi connectivity index (χ1n) is 12.6. The quantitative estimate of drug-likeness (QED) is 0.204. The van der Waals surface area contributed by atoms with E-state index in [0.29, 0.717) is 23.9 Å². The standard InChI is InChI=1S/C24H36ClFN6O3/c1-30(2)24(9-10-24)19-8-5-11-32(19)21-20(26)18(28-23(25)29-21)13-27-22(34)17(14-31(35)15-33)12-16-6-3-4-7-16/h15-17,19,35H,3-14H2,1-2H3,(H,27,34)/t17-,19+/m1/s1. The first-order chi connectivity index (χ1) is 16.7. The third-order valence-corrected chi connectivity index (χ3v) is 8.26. The second-order valence-electron chi connectivity index (χ2n) is 10.5. The smallest absolute Gasteiger partial charge is 0.233 e. The number of likely N-dealkylation sites (N-methyl/N-ethyl adjacent to an activating group) is 1. The summed E-state index contributed by atoms with van der Waals surface area (Å²) in [5.74, 6) is -0.945. The Labute approximate surface area is 211 Å². The predicted molar refractivity (Wildman–Crippen MR) is 129 cm³/mol. The molecular formula is C24H36ClFN6O3. The number of hydrogen-bond donors (Lipinski definition) is 2. The van der Waals surface area contributed by atoms with Crippen molar-refractivity contribution in [2.75, 3.05) is 32.1 Å². The number of hydrogen-bond acceptors (Lipinski definition) is 7. The molecule has 3 aliphatic rings. The molecule has 2 aliphatic carbocycles. The van der Waals surface area contributed by atoms with Crippen LogP contribution in [-0.2, 0) is 16.1 Å². The van der Waals surface area contributed by atoms with Crippen molar-refractivity contribution in [3.05, 3.63) is 16.8 Å². The van der Waals surface area contributed by atoms with Crippen LogP contribution < -0.4 is 10.2 Å². The van der Waals surface area contributed by atoms with Gasteiger partial charge in [-0.15, -0.1) is 0 Å². The van der Waals surface area contributed by atoms with Crippen LogP contribution in [0.15, 0.2) is 0 Å². The highest BCUT2D eigenvalue weighted by Crippen LogP contribution is 2.49. The number of carbonyl (C=O) groups excluding carboxylic acids is 2. The van der Waals surface area contributed by atoms with Crippen molar-refractivity contribution in [3.8, 4) is 0 Å². The molecule has 2 saturated carbocycles. The normalized spacial score (nSPS) is 22.5. The fourth-order valence-corrected chi connectivity index (χ4v) is 6.22. The highest BCUT2D eigenvalue weighted by atomic mass is 35.5. The highest BCUT2D eigenvalue weighted by molar-refractivity contribution is 6.28. The second kappa shape index (κ2) is 10.9. The van der Waals surface area contributed by atoms with Crippen molar-refractivity contribution in [1.82, 2.24) is 25.2 Å². The molecule has 1 aromatic heterocycles. The number of halogens is 2. The summed E-state index contributed by atoms with van der Waals surface area (Å²) in [7, 11) is 4.13. The molecule has 2 N–H and O–H groups in total. The maximum Gasteiger partial charge on any atom is 0.233 e. The summed E-state index contributed by atoms with van der Waals surface area (Å²) in [6.07, 6.45) is 9.20. The molecule has 0 radical (unpaired) electrons. The zero-order valence-corrected chi connectivity index (χ0v) is 21.3. The molecule has 0 aromatic carbocycles. The lowest BCUT2D eigenvalue weighted by Gasteiger charge is -2.37. The first kappa shape index (κ1) is 26.0. The van der Waals surface area contributed by atoms with E-state index in [9.17, 15) is 14.8 Å². The van der Waals surface area contributed by atoms with Gasteiger partial charge in [0, 0.05) is 18.1 Å². The van der Waals surface area contributed by atoms with Crippen LogP contribution in [0, 0.1) is 17.7 Å². The van der Waals surface area contributed by atoms with Crippen LogP contribution in [0.25, 0.3) is 0 Å². The van der Waals surface area contributed by atoms with Crippen molar-refractivity contribution < 1.29 is 19.2 Å². The van der Waals surface area contributed by atoms with Gasteiger partial charge in [-0.1, -0.05) is 25.7 Å². The average molecular weight is 511 g/mol. The summed E-state index contributed by atoms with van der Waals surface area (Å²) in [5.41, 5.74) is 0.0568. The van der Waals surface area contributed by atoms with Gasteiger partial charge < -0.3 is 15.1 Å². The lowest BCUT2D eigenvalue weighted by atomic mass is 9.92. The van der Waals surface area contributed by atoms with Crippen LogP contribution in [0.1, 0.15) is 63.5 Å². The maximum atomic E-state index is 15.6. The SMILES string of the molecule is CN(C)C1([C@@H]2CCCN2c2nc(Cl)nc(CNC(=O)[C@H](CC3CCCC3)CN(O)C=O)c2F)CC1. The molecule has 2 heterocycles. The van der Waals surface area contributed by atoms with Gasteiger partial charge >= 0.3 is 0 Å². The lowest BCUT2D eigenvalue weighted by Crippen LogP contribution is -2.49. The summed E-state index contributed by atoms with van der Waals surface area (Å²) in [6.45, 7) is 0.439. The number of aromatic nitrogens is 2. The monoisotopic (exact) mass is 510 g/mol. The van der Waals surface area contributed by atoms with Gasteiger partial charge in [-0.2, -0.15) is 4.98 Å². The van der Waals surface area contributed by atoms with E-state index in [2.05, 4.69) is 34.3 Å². The molecule has 35 heavy (non-hydrogen) atoms. The Morgan fingerprint density at radius 2 is 2.00 bits per heavy atom. The zero-order chi connectivity index (χ0) is 25.2. The number of amides is 2. The van der Waals surface area contributed by atoms with Crippen LogP contribution in [0.3, 0.4) is 0 Å². The lowest BCUT2D eigenvalue weighted by molar-refractivity contribution is -0.155. The van der Waals surface area contributed by atoms with Gasteiger partial charge in [0.25, 0.3) is 0 Å². The molecule has 1 saturated heterocycles. The van der Waals surface area contributed by atoms with Gasteiger partial charge in [0.05, 0.1) is 19.0 Å². The van der Waals surface area contributed by atoms with E-state index in [-0.39, 0.29) is 53.8 Å². The molecule has 4 rings (SSSR count). The Balaban J connectivity index is 1.48. The predicted octanol–water partition coefficient (Wildman–Crippen LogP) is 2.99. The van der Waals surface area contributed by atoms with E-state index in [0.717, 1.165) is 51.4 Å². The van der Waals surface area contributed by atoms with Crippen LogP contribution in [0.5, 0.6) is 0 Å². The summed E-state index contributed by atoms with van der Waals surface area (Å²) in [6, 6.07) is 0.148. The minimum Gasteiger partial charge on any atom is -0.350 e. The molecule has 2 amide bonds. The Morgan fingerprint density at radius 3 is 2.63 bits per heavy atom. The number of anilines is 1. The molecule has 11 heteroatoms. The van der Waals surface area contributed by atoms with E-state index in [1.807, 2.05) is 4.90 Å². The Hall–Kier alpha value is -2.04. The number of carbonyl (C=O) groups is 2. The first-order valence-corrected chi connectivity index (χ1v) is 13.0. The minimum atomic E-state index is -0.592. The van der Waals surface area contributed by atoms with Crippen LogP contribution in [-0.4, -0.2) is 76.2 Å². The van der Waals surface area contributed by atoms with E-state index in [1.54, 1.807) is 0 Å². The highest BCUT2D eigenvalue weighted by Gasteiger charge is 2.55. The molecule has 9 nitrogen and oxygen atoms in total. The average Bonchev–Trinajstić information content (AvgIpc) is 3.23. The van der Waals surface area contributed by atoms with Gasteiger partial charge in [-0.3, -0.25) is 14.8 Å². The van der Waals surface area contributed by atoms with Crippen LogP contribution >= 0.6 is 11.6 Å². The third-order valence-electron chi connectivity index (χ3n) is 8.10. The summed E-state index contributed by atoms with van der Waals surface area (Å²) >= 11 is 6.20. The van der Waals surface area contributed by atoms with E-state index in [1.165, 1.54) is 0 Å². The van der Waals surface area contributed by atoms with Crippen molar-refractivity contribution in [2.24, 2.45) is 11.8 Å². The fourth-order valence-electron chi connectivity index (χ4n) is 6.04. The van der Waals surface area contributed by atoms with Gasteiger partial charge in [0.2, 0.25) is 17.6 Å². The van der Waals surface area contributed by atoms with Crippen molar-refractivity contribution >= 4 is 29.7 Å². The summed E-state index contributed by atoms with van der Waals surface area (Å²) in [5, 5.41) is 12.9. The number of rotatable bonds is 11.